The highest BCUT2D eigenvalue weighted by atomic mass is 16.5. The number of hydrogen-bond acceptors (Lipinski definition) is 2. The Morgan fingerprint density at radius 2 is 2.00 bits per heavy atom. The Morgan fingerprint density at radius 3 is 2.67 bits per heavy atom. The molecule has 0 saturated carbocycles. The average Bonchev–Trinajstić information content (AvgIpc) is 2.73. The van der Waals surface area contributed by atoms with Gasteiger partial charge in [-0.3, -0.25) is 0 Å². The van der Waals surface area contributed by atoms with E-state index in [0.717, 1.165) is 23.2 Å². The highest BCUT2D eigenvalue weighted by molar-refractivity contribution is 5.86. The van der Waals surface area contributed by atoms with Crippen LogP contribution in [-0.4, -0.2) is 22.4 Å². The second kappa shape index (κ2) is 5.44. The van der Waals surface area contributed by atoms with Crippen molar-refractivity contribution in [1.82, 2.24) is 4.57 Å². The molecular weight excluding hydrogens is 226 g/mol. The molecule has 0 aliphatic heterocycles. The van der Waals surface area contributed by atoms with Crippen LogP contribution < -0.4 is 4.74 Å². The third kappa shape index (κ3) is 2.67. The fraction of sp³-hybridized carbons (Fsp3) is 0.467. The molecule has 0 bridgehead atoms. The van der Waals surface area contributed by atoms with Gasteiger partial charge in [-0.15, -0.1) is 0 Å². The van der Waals surface area contributed by atoms with Crippen molar-refractivity contribution in [3.63, 3.8) is 0 Å². The van der Waals surface area contributed by atoms with Crippen LogP contribution in [0.2, 0.25) is 0 Å². The van der Waals surface area contributed by atoms with Gasteiger partial charge in [0.2, 0.25) is 0 Å². The molecule has 2 aromatic rings. The molecule has 3 heteroatoms. The molecule has 1 heterocycles. The van der Waals surface area contributed by atoms with E-state index in [-0.39, 0.29) is 18.6 Å². The van der Waals surface area contributed by atoms with Crippen LogP contribution in [0.3, 0.4) is 0 Å². The van der Waals surface area contributed by atoms with Crippen LogP contribution in [0.4, 0.5) is 0 Å². The maximum atomic E-state index is 9.14. The number of rotatable bonds is 5. The van der Waals surface area contributed by atoms with Gasteiger partial charge in [0.1, 0.15) is 5.75 Å². The Morgan fingerprint density at radius 1 is 1.22 bits per heavy atom. The SMILES string of the molecule is CC(CO)Cn1ccc2c(OC(C)C)cccc21. The number of hydrogen-bond donors (Lipinski definition) is 1. The van der Waals surface area contributed by atoms with Crippen molar-refractivity contribution in [1.29, 1.82) is 0 Å². The summed E-state index contributed by atoms with van der Waals surface area (Å²) in [6.07, 6.45) is 2.24. The van der Waals surface area contributed by atoms with Crippen molar-refractivity contribution in [2.24, 2.45) is 5.92 Å². The summed E-state index contributed by atoms with van der Waals surface area (Å²) in [5, 5.41) is 10.3. The van der Waals surface area contributed by atoms with E-state index in [1.807, 2.05) is 32.9 Å². The van der Waals surface area contributed by atoms with E-state index in [2.05, 4.69) is 22.9 Å². The number of aromatic nitrogens is 1. The van der Waals surface area contributed by atoms with Gasteiger partial charge in [-0.05, 0) is 38.0 Å². The summed E-state index contributed by atoms with van der Waals surface area (Å²) in [7, 11) is 0. The summed E-state index contributed by atoms with van der Waals surface area (Å²) in [6.45, 7) is 7.14. The van der Waals surface area contributed by atoms with Crippen LogP contribution >= 0.6 is 0 Å². The first kappa shape index (κ1) is 13.0. The van der Waals surface area contributed by atoms with Gasteiger partial charge in [-0.2, -0.15) is 0 Å². The molecule has 0 radical (unpaired) electrons. The fourth-order valence-electron chi connectivity index (χ4n) is 2.10. The van der Waals surface area contributed by atoms with Crippen molar-refractivity contribution in [3.8, 4) is 5.75 Å². The van der Waals surface area contributed by atoms with Crippen LogP contribution in [0, 0.1) is 5.92 Å². The fourth-order valence-corrected chi connectivity index (χ4v) is 2.10. The summed E-state index contributed by atoms with van der Waals surface area (Å²) in [6, 6.07) is 8.19. The number of nitrogens with zero attached hydrogens (tertiary/aromatic N) is 1. The number of benzene rings is 1. The lowest BCUT2D eigenvalue weighted by molar-refractivity contribution is 0.224. The maximum Gasteiger partial charge on any atom is 0.129 e. The zero-order chi connectivity index (χ0) is 13.1. The van der Waals surface area contributed by atoms with Crippen LogP contribution in [0.1, 0.15) is 20.8 Å². The molecule has 1 atom stereocenters. The molecule has 98 valence electrons. The Labute approximate surface area is 108 Å². The van der Waals surface area contributed by atoms with E-state index in [4.69, 9.17) is 9.84 Å². The Balaban J connectivity index is 2.35. The summed E-state index contributed by atoms with van der Waals surface area (Å²) in [4.78, 5) is 0. The normalized spacial score (nSPS) is 13.2. The lowest BCUT2D eigenvalue weighted by atomic mass is 10.2. The van der Waals surface area contributed by atoms with Gasteiger partial charge in [0, 0.05) is 24.7 Å². The number of aliphatic hydroxyl groups is 1. The van der Waals surface area contributed by atoms with E-state index in [0.29, 0.717) is 0 Å². The first-order valence-corrected chi connectivity index (χ1v) is 6.47. The van der Waals surface area contributed by atoms with Crippen molar-refractivity contribution < 1.29 is 9.84 Å². The summed E-state index contributed by atoms with van der Waals surface area (Å²) < 4.78 is 7.98. The van der Waals surface area contributed by atoms with Crippen molar-refractivity contribution >= 4 is 10.9 Å². The Kier molecular flexibility index (Phi) is 3.92. The molecule has 3 nitrogen and oxygen atoms in total. The second-order valence-electron chi connectivity index (χ2n) is 5.11. The van der Waals surface area contributed by atoms with Crippen LogP contribution in [-0.2, 0) is 6.54 Å². The van der Waals surface area contributed by atoms with Gasteiger partial charge in [0.25, 0.3) is 0 Å². The molecule has 1 aromatic heterocycles. The molecule has 0 amide bonds. The Hall–Kier alpha value is -1.48. The molecule has 18 heavy (non-hydrogen) atoms. The standard InChI is InChI=1S/C15H21NO2/c1-11(2)18-15-6-4-5-14-13(15)7-8-16(14)9-12(3)10-17/h4-8,11-12,17H,9-10H2,1-3H3. The van der Waals surface area contributed by atoms with Gasteiger partial charge < -0.3 is 14.4 Å². The molecule has 0 saturated heterocycles. The van der Waals surface area contributed by atoms with Gasteiger partial charge in [0.05, 0.1) is 11.6 Å². The van der Waals surface area contributed by atoms with E-state index in [1.54, 1.807) is 0 Å². The van der Waals surface area contributed by atoms with Crippen LogP contribution in [0.5, 0.6) is 5.75 Å². The van der Waals surface area contributed by atoms with Crippen molar-refractivity contribution in [2.75, 3.05) is 6.61 Å². The smallest absolute Gasteiger partial charge is 0.129 e. The molecule has 1 unspecified atom stereocenters. The first-order chi connectivity index (χ1) is 8.61. The van der Waals surface area contributed by atoms with Crippen molar-refractivity contribution in [3.05, 3.63) is 30.5 Å². The lowest BCUT2D eigenvalue weighted by Crippen LogP contribution is -2.10. The quantitative estimate of drug-likeness (QED) is 0.881. The predicted molar refractivity (Wildman–Crippen MR) is 74.0 cm³/mol. The van der Waals surface area contributed by atoms with Crippen molar-refractivity contribution in [2.45, 2.75) is 33.4 Å². The third-order valence-electron chi connectivity index (χ3n) is 2.96. The molecule has 0 aliphatic carbocycles. The summed E-state index contributed by atoms with van der Waals surface area (Å²) >= 11 is 0. The lowest BCUT2D eigenvalue weighted by Gasteiger charge is -2.13. The zero-order valence-corrected chi connectivity index (χ0v) is 11.3. The van der Waals surface area contributed by atoms with Gasteiger partial charge in [-0.25, -0.2) is 0 Å². The molecule has 1 aromatic carbocycles. The summed E-state index contributed by atoms with van der Waals surface area (Å²) in [5.74, 6) is 1.19. The topological polar surface area (TPSA) is 34.4 Å². The second-order valence-corrected chi connectivity index (χ2v) is 5.11. The zero-order valence-electron chi connectivity index (χ0n) is 11.3. The summed E-state index contributed by atoms with van der Waals surface area (Å²) in [5.41, 5.74) is 1.16. The molecule has 0 aliphatic rings. The number of fused-ring (bicyclic) bond motifs is 1. The van der Waals surface area contributed by atoms with E-state index >= 15 is 0 Å². The first-order valence-electron chi connectivity index (χ1n) is 6.47. The molecule has 1 N–H and O–H groups in total. The monoisotopic (exact) mass is 247 g/mol. The minimum absolute atomic E-state index is 0.176. The molecule has 2 rings (SSSR count). The van der Waals surface area contributed by atoms with Crippen LogP contribution in [0.15, 0.2) is 30.5 Å². The third-order valence-corrected chi connectivity index (χ3v) is 2.96. The van der Waals surface area contributed by atoms with Crippen LogP contribution in [0.25, 0.3) is 10.9 Å². The maximum absolute atomic E-state index is 9.14. The average molecular weight is 247 g/mol. The highest BCUT2D eigenvalue weighted by Gasteiger charge is 2.09. The van der Waals surface area contributed by atoms with Gasteiger partial charge in [0.15, 0.2) is 0 Å². The highest BCUT2D eigenvalue weighted by Crippen LogP contribution is 2.27. The molecule has 0 fully saturated rings. The number of ether oxygens (including phenoxy) is 1. The minimum atomic E-state index is 0.176. The van der Waals surface area contributed by atoms with E-state index in [1.165, 1.54) is 0 Å². The minimum Gasteiger partial charge on any atom is -0.490 e. The van der Waals surface area contributed by atoms with Gasteiger partial charge >= 0.3 is 0 Å². The Bertz CT molecular complexity index is 516. The predicted octanol–water partition coefficient (Wildman–Crippen LogP) is 3.06. The molecule has 0 spiro atoms. The largest absolute Gasteiger partial charge is 0.490 e. The van der Waals surface area contributed by atoms with E-state index in [9.17, 15) is 0 Å². The number of aliphatic hydroxyl groups excluding tert-OH is 1. The van der Waals surface area contributed by atoms with E-state index < -0.39 is 0 Å². The molecular formula is C15H21NO2. The van der Waals surface area contributed by atoms with Gasteiger partial charge in [-0.1, -0.05) is 13.0 Å².